The molecule has 6 rings (SSSR count). The molecule has 2 aromatic rings. The van der Waals surface area contributed by atoms with Crippen molar-refractivity contribution in [1.82, 2.24) is 40.0 Å². The zero-order valence-corrected chi connectivity index (χ0v) is 20.6. The Bertz CT molecular complexity index is 886. The Kier molecular flexibility index (Phi) is 7.39. The Morgan fingerprint density at radius 3 is 1.52 bits per heavy atom. The SMILES string of the molecule is CN1C[C@@H]2CN(Cc3cnc(Cl)nc3)C[C@@H]2C1.Clc1ncc(CN2C[C@H]3CNC[C@H]3C2)cn1. The predicted molar refractivity (Wildman–Crippen MR) is 129 cm³/mol. The van der Waals surface area contributed by atoms with Crippen molar-refractivity contribution in [3.05, 3.63) is 46.5 Å². The highest BCUT2D eigenvalue weighted by atomic mass is 35.5. The second-order valence-corrected chi connectivity index (χ2v) is 10.7. The molecule has 4 fully saturated rings. The molecular weight excluding hydrogens is 459 g/mol. The van der Waals surface area contributed by atoms with Crippen molar-refractivity contribution in [1.29, 1.82) is 0 Å². The maximum Gasteiger partial charge on any atom is 0.222 e. The molecule has 8 nitrogen and oxygen atoms in total. The minimum absolute atomic E-state index is 0.325. The first-order valence-electron chi connectivity index (χ1n) is 11.8. The molecule has 33 heavy (non-hydrogen) atoms. The number of rotatable bonds is 4. The molecule has 4 aliphatic rings. The van der Waals surface area contributed by atoms with Gasteiger partial charge in [0.25, 0.3) is 0 Å². The third kappa shape index (κ3) is 5.99. The average molecular weight is 491 g/mol. The van der Waals surface area contributed by atoms with E-state index in [1.54, 1.807) is 0 Å². The lowest BCUT2D eigenvalue weighted by Gasteiger charge is -2.18. The van der Waals surface area contributed by atoms with Crippen LogP contribution in [-0.4, -0.2) is 94.0 Å². The largest absolute Gasteiger partial charge is 0.316 e. The van der Waals surface area contributed by atoms with E-state index in [4.69, 9.17) is 23.2 Å². The van der Waals surface area contributed by atoms with Crippen LogP contribution in [0.2, 0.25) is 10.6 Å². The summed E-state index contributed by atoms with van der Waals surface area (Å²) in [6.45, 7) is 11.6. The van der Waals surface area contributed by atoms with Crippen molar-refractivity contribution >= 4 is 23.2 Å². The van der Waals surface area contributed by atoms with Gasteiger partial charge in [0.1, 0.15) is 0 Å². The topological polar surface area (TPSA) is 73.3 Å². The van der Waals surface area contributed by atoms with Crippen molar-refractivity contribution in [2.24, 2.45) is 23.7 Å². The molecular formula is C23H32Cl2N8. The van der Waals surface area contributed by atoms with Crippen LogP contribution in [-0.2, 0) is 13.1 Å². The minimum atomic E-state index is 0.325. The molecule has 0 bridgehead atoms. The summed E-state index contributed by atoms with van der Waals surface area (Å²) in [7, 11) is 2.22. The second kappa shape index (κ2) is 10.5. The lowest BCUT2D eigenvalue weighted by Crippen LogP contribution is -2.26. The van der Waals surface area contributed by atoms with Gasteiger partial charge in [-0.15, -0.1) is 0 Å². The van der Waals surface area contributed by atoms with Crippen LogP contribution >= 0.6 is 23.2 Å². The molecule has 0 radical (unpaired) electrons. The van der Waals surface area contributed by atoms with E-state index < -0.39 is 0 Å². The first-order chi connectivity index (χ1) is 16.0. The zero-order chi connectivity index (χ0) is 22.8. The summed E-state index contributed by atoms with van der Waals surface area (Å²) in [6, 6.07) is 0. The highest BCUT2D eigenvalue weighted by molar-refractivity contribution is 6.28. The van der Waals surface area contributed by atoms with Crippen LogP contribution in [0, 0.1) is 23.7 Å². The molecule has 4 atom stereocenters. The first-order valence-corrected chi connectivity index (χ1v) is 12.5. The summed E-state index contributed by atoms with van der Waals surface area (Å²) in [4.78, 5) is 23.5. The van der Waals surface area contributed by atoms with Crippen molar-refractivity contribution in [2.45, 2.75) is 13.1 Å². The maximum atomic E-state index is 5.68. The third-order valence-electron chi connectivity index (χ3n) is 7.37. The molecule has 2 aromatic heterocycles. The number of halogens is 2. The van der Waals surface area contributed by atoms with E-state index in [1.165, 1.54) is 52.4 Å². The molecule has 0 amide bonds. The molecule has 178 valence electrons. The third-order valence-corrected chi connectivity index (χ3v) is 7.76. The zero-order valence-electron chi connectivity index (χ0n) is 19.1. The van der Waals surface area contributed by atoms with Gasteiger partial charge >= 0.3 is 0 Å². The Morgan fingerprint density at radius 2 is 1.09 bits per heavy atom. The molecule has 0 unspecified atom stereocenters. The summed E-state index contributed by atoms with van der Waals surface area (Å²) in [5, 5.41) is 4.10. The predicted octanol–water partition coefficient (Wildman–Crippen LogP) is 1.90. The van der Waals surface area contributed by atoms with Crippen LogP contribution in [0.1, 0.15) is 11.1 Å². The van der Waals surface area contributed by atoms with Crippen LogP contribution in [0.4, 0.5) is 0 Å². The van der Waals surface area contributed by atoms with Gasteiger partial charge in [-0.2, -0.15) is 0 Å². The van der Waals surface area contributed by atoms with Crippen molar-refractivity contribution in [3.63, 3.8) is 0 Å². The van der Waals surface area contributed by atoms with Crippen LogP contribution in [0.5, 0.6) is 0 Å². The van der Waals surface area contributed by atoms with E-state index in [2.05, 4.69) is 47.0 Å². The van der Waals surface area contributed by atoms with Gasteiger partial charge in [-0.25, -0.2) is 19.9 Å². The standard InChI is InChI=1S/C12H17ClN4.C11H15ClN4/c1-16-5-10-7-17(8-11(10)6-16)4-9-2-14-12(13)15-3-9;12-11-14-1-8(2-15-11)5-16-6-9-3-13-4-10(9)7-16/h2-3,10-11H,4-8H2,1H3;1-2,9-10,13H,3-7H2/t10-,11+;9-,10+. The number of hydrogen-bond donors (Lipinski definition) is 1. The van der Waals surface area contributed by atoms with Crippen molar-refractivity contribution in [2.75, 3.05) is 59.4 Å². The summed E-state index contributed by atoms with van der Waals surface area (Å²) in [6.07, 6.45) is 7.30. The van der Waals surface area contributed by atoms with Gasteiger partial charge in [0.2, 0.25) is 10.6 Å². The molecule has 0 saturated carbocycles. The smallest absolute Gasteiger partial charge is 0.222 e. The summed E-state index contributed by atoms with van der Waals surface area (Å²) >= 11 is 11.3. The van der Waals surface area contributed by atoms with Gasteiger partial charge in [-0.1, -0.05) is 0 Å². The highest BCUT2D eigenvalue weighted by Crippen LogP contribution is 2.31. The van der Waals surface area contributed by atoms with E-state index in [-0.39, 0.29) is 0 Å². The second-order valence-electron chi connectivity index (χ2n) is 10.0. The number of fused-ring (bicyclic) bond motifs is 2. The fourth-order valence-electron chi connectivity index (χ4n) is 5.89. The maximum absolute atomic E-state index is 5.68. The van der Waals surface area contributed by atoms with E-state index in [9.17, 15) is 0 Å². The van der Waals surface area contributed by atoms with Crippen LogP contribution in [0.3, 0.4) is 0 Å². The number of likely N-dealkylation sites (tertiary alicyclic amines) is 3. The van der Waals surface area contributed by atoms with E-state index in [0.717, 1.165) is 47.9 Å². The van der Waals surface area contributed by atoms with Gasteiger partial charge < -0.3 is 10.2 Å². The molecule has 6 heterocycles. The Balaban J connectivity index is 0.000000139. The van der Waals surface area contributed by atoms with Crippen LogP contribution in [0.25, 0.3) is 0 Å². The normalized spacial score (nSPS) is 29.7. The van der Waals surface area contributed by atoms with Crippen molar-refractivity contribution < 1.29 is 0 Å². The van der Waals surface area contributed by atoms with Crippen LogP contribution in [0.15, 0.2) is 24.8 Å². The molecule has 0 aliphatic carbocycles. The van der Waals surface area contributed by atoms with E-state index in [0.29, 0.717) is 10.6 Å². The number of hydrogen-bond acceptors (Lipinski definition) is 8. The van der Waals surface area contributed by atoms with Crippen LogP contribution < -0.4 is 5.32 Å². The average Bonchev–Trinajstić information content (AvgIpc) is 3.53. The fraction of sp³-hybridized carbons (Fsp3) is 0.652. The molecule has 0 spiro atoms. The fourth-order valence-corrected chi connectivity index (χ4v) is 6.09. The van der Waals surface area contributed by atoms with Gasteiger partial charge in [-0.3, -0.25) is 9.80 Å². The Labute approximate surface area is 205 Å². The van der Waals surface area contributed by atoms with Gasteiger partial charge in [0.05, 0.1) is 0 Å². The number of nitrogens with one attached hydrogen (secondary N) is 1. The van der Waals surface area contributed by atoms with Crippen molar-refractivity contribution in [3.8, 4) is 0 Å². The lowest BCUT2D eigenvalue weighted by molar-refractivity contribution is 0.271. The van der Waals surface area contributed by atoms with Gasteiger partial charge in [0, 0.05) is 88.3 Å². The minimum Gasteiger partial charge on any atom is -0.316 e. The number of aromatic nitrogens is 4. The summed E-state index contributed by atoms with van der Waals surface area (Å²) < 4.78 is 0. The lowest BCUT2D eigenvalue weighted by atomic mass is 10.0. The molecule has 1 N–H and O–H groups in total. The quantitative estimate of drug-likeness (QED) is 0.651. The van der Waals surface area contributed by atoms with E-state index in [1.807, 2.05) is 24.8 Å². The molecule has 4 aliphatic heterocycles. The number of nitrogens with zero attached hydrogens (tertiary/aromatic N) is 7. The molecule has 4 saturated heterocycles. The summed E-state index contributed by atoms with van der Waals surface area (Å²) in [5.74, 6) is 3.39. The summed E-state index contributed by atoms with van der Waals surface area (Å²) in [5.41, 5.74) is 2.31. The Morgan fingerprint density at radius 1 is 0.697 bits per heavy atom. The highest BCUT2D eigenvalue weighted by Gasteiger charge is 2.38. The molecule has 0 aromatic carbocycles. The van der Waals surface area contributed by atoms with Gasteiger partial charge in [-0.05, 0) is 67.0 Å². The molecule has 10 heteroatoms. The first kappa shape index (κ1) is 23.3. The van der Waals surface area contributed by atoms with E-state index >= 15 is 0 Å². The Hall–Kier alpha value is -1.42. The van der Waals surface area contributed by atoms with Gasteiger partial charge in [0.15, 0.2) is 0 Å². The monoisotopic (exact) mass is 490 g/mol.